The Hall–Kier alpha value is -2.83. The van der Waals surface area contributed by atoms with E-state index >= 15 is 0 Å². The third-order valence-electron chi connectivity index (χ3n) is 5.74. The van der Waals surface area contributed by atoms with Crippen molar-refractivity contribution in [2.75, 3.05) is 17.3 Å². The second kappa shape index (κ2) is 9.57. The lowest BCUT2D eigenvalue weighted by Crippen LogP contribution is -2.30. The first-order valence-corrected chi connectivity index (χ1v) is 11.2. The van der Waals surface area contributed by atoms with Crippen LogP contribution in [0.1, 0.15) is 49.5 Å². The van der Waals surface area contributed by atoms with Crippen LogP contribution in [0, 0.1) is 5.41 Å². The van der Waals surface area contributed by atoms with Crippen LogP contribution in [0.2, 0.25) is 10.0 Å². The summed E-state index contributed by atoms with van der Waals surface area (Å²) >= 11 is 12.4. The molecule has 2 N–H and O–H groups in total. The number of carbonyl (C=O) groups excluding carboxylic acids is 2. The van der Waals surface area contributed by atoms with E-state index in [1.165, 1.54) is 24.0 Å². The van der Waals surface area contributed by atoms with Crippen molar-refractivity contribution in [1.29, 1.82) is 0 Å². The molecule has 0 aliphatic heterocycles. The van der Waals surface area contributed by atoms with Crippen molar-refractivity contribution in [3.05, 3.63) is 68.8 Å². The van der Waals surface area contributed by atoms with E-state index in [0.717, 1.165) is 11.3 Å². The molecule has 174 valence electrons. The van der Waals surface area contributed by atoms with Crippen molar-refractivity contribution in [2.45, 2.75) is 40.0 Å². The average molecular weight is 489 g/mol. The Morgan fingerprint density at radius 3 is 2.42 bits per heavy atom. The minimum Gasteiger partial charge on any atom is -0.478 e. The van der Waals surface area contributed by atoms with Crippen LogP contribution in [0.3, 0.4) is 0 Å². The monoisotopic (exact) mass is 488 g/mol. The summed E-state index contributed by atoms with van der Waals surface area (Å²) in [5, 5.41) is 13.7. The number of carboxylic acid groups (broad SMARTS) is 1. The molecule has 0 fully saturated rings. The van der Waals surface area contributed by atoms with E-state index in [0.29, 0.717) is 46.3 Å². The number of nitrogens with zero attached hydrogens (tertiary/aromatic N) is 1. The predicted octanol–water partition coefficient (Wildman–Crippen LogP) is 5.97. The SMILES string of the molecule is CC(=O)N(C)c1cc(C(=O)O)ccc1NC1=C(Cc2ccc(Cl)cc2Cl)C(=O)CC(C)(C)C1. The van der Waals surface area contributed by atoms with Crippen molar-refractivity contribution in [3.8, 4) is 0 Å². The molecule has 2 aromatic rings. The summed E-state index contributed by atoms with van der Waals surface area (Å²) in [5.41, 5.74) is 2.87. The quantitative estimate of drug-likeness (QED) is 0.522. The first-order chi connectivity index (χ1) is 15.4. The number of ketones is 1. The van der Waals surface area contributed by atoms with Gasteiger partial charge in [0.05, 0.1) is 16.9 Å². The van der Waals surface area contributed by atoms with Crippen molar-refractivity contribution < 1.29 is 19.5 Å². The fourth-order valence-corrected chi connectivity index (χ4v) is 4.39. The minimum atomic E-state index is -1.09. The van der Waals surface area contributed by atoms with Gasteiger partial charge in [0.15, 0.2) is 5.78 Å². The number of aromatic carboxylic acids is 1. The number of rotatable bonds is 6. The highest BCUT2D eigenvalue weighted by atomic mass is 35.5. The third kappa shape index (κ3) is 5.75. The van der Waals surface area contributed by atoms with Gasteiger partial charge in [-0.05, 0) is 47.7 Å². The first kappa shape index (κ1) is 24.8. The van der Waals surface area contributed by atoms with Gasteiger partial charge in [0.1, 0.15) is 0 Å². The number of nitrogens with one attached hydrogen (secondary N) is 1. The number of hydrogen-bond donors (Lipinski definition) is 2. The fourth-order valence-electron chi connectivity index (χ4n) is 3.92. The van der Waals surface area contributed by atoms with Gasteiger partial charge in [-0.15, -0.1) is 0 Å². The van der Waals surface area contributed by atoms with Gasteiger partial charge in [-0.3, -0.25) is 9.59 Å². The van der Waals surface area contributed by atoms with Crippen molar-refractivity contribution in [3.63, 3.8) is 0 Å². The maximum atomic E-state index is 13.2. The van der Waals surface area contributed by atoms with Crippen LogP contribution in [0.25, 0.3) is 0 Å². The van der Waals surface area contributed by atoms with Crippen molar-refractivity contribution in [1.82, 2.24) is 0 Å². The van der Waals surface area contributed by atoms with E-state index in [-0.39, 0.29) is 22.7 Å². The standard InChI is InChI=1S/C25H26Cl2N2O4/c1-14(30)29(4)22-10-16(24(32)33)6-8-20(22)28-21-12-25(2,3)13-23(31)18(21)9-15-5-7-17(26)11-19(15)27/h5-8,10-11,28H,9,12-13H2,1-4H3,(H,32,33). The Bertz CT molecular complexity index is 1170. The summed E-state index contributed by atoms with van der Waals surface area (Å²) in [6.07, 6.45) is 1.33. The zero-order chi connectivity index (χ0) is 24.5. The summed E-state index contributed by atoms with van der Waals surface area (Å²) in [7, 11) is 1.58. The molecule has 3 rings (SSSR count). The Morgan fingerprint density at radius 1 is 1.12 bits per heavy atom. The minimum absolute atomic E-state index is 0.0170. The summed E-state index contributed by atoms with van der Waals surface area (Å²) in [6.45, 7) is 5.45. The van der Waals surface area contributed by atoms with Gasteiger partial charge in [-0.1, -0.05) is 43.1 Å². The van der Waals surface area contributed by atoms with Gasteiger partial charge in [0.2, 0.25) is 5.91 Å². The number of amides is 1. The Labute approximate surface area is 203 Å². The number of allylic oxidation sites excluding steroid dienone is 2. The average Bonchev–Trinajstić information content (AvgIpc) is 2.70. The van der Waals surface area contributed by atoms with E-state index in [9.17, 15) is 19.5 Å². The molecule has 2 aromatic carbocycles. The second-order valence-corrected chi connectivity index (χ2v) is 9.89. The topological polar surface area (TPSA) is 86.7 Å². The highest BCUT2D eigenvalue weighted by molar-refractivity contribution is 6.35. The maximum Gasteiger partial charge on any atom is 0.335 e. The predicted molar refractivity (Wildman–Crippen MR) is 131 cm³/mol. The zero-order valence-corrected chi connectivity index (χ0v) is 20.5. The van der Waals surface area contributed by atoms with Crippen LogP contribution in [-0.2, 0) is 16.0 Å². The normalized spacial score (nSPS) is 15.4. The Kier molecular flexibility index (Phi) is 7.20. The van der Waals surface area contributed by atoms with Gasteiger partial charge >= 0.3 is 5.97 Å². The lowest BCUT2D eigenvalue weighted by Gasteiger charge is -2.33. The maximum absolute atomic E-state index is 13.2. The van der Waals surface area contributed by atoms with Gasteiger partial charge in [0.25, 0.3) is 0 Å². The smallest absolute Gasteiger partial charge is 0.335 e. The number of hydrogen-bond acceptors (Lipinski definition) is 4. The summed E-state index contributed by atoms with van der Waals surface area (Å²) in [6, 6.07) is 9.71. The van der Waals surface area contributed by atoms with E-state index in [4.69, 9.17) is 23.2 Å². The molecule has 6 nitrogen and oxygen atoms in total. The number of anilines is 2. The first-order valence-electron chi connectivity index (χ1n) is 10.5. The lowest BCUT2D eigenvalue weighted by atomic mass is 9.74. The molecule has 0 saturated heterocycles. The molecule has 0 unspecified atom stereocenters. The molecule has 8 heteroatoms. The molecule has 0 bridgehead atoms. The van der Waals surface area contributed by atoms with Gasteiger partial charge in [-0.2, -0.15) is 0 Å². The van der Waals surface area contributed by atoms with E-state index in [1.807, 2.05) is 13.8 Å². The van der Waals surface area contributed by atoms with Crippen LogP contribution in [-0.4, -0.2) is 29.8 Å². The van der Waals surface area contributed by atoms with Crippen LogP contribution >= 0.6 is 23.2 Å². The molecular formula is C25H26Cl2N2O4. The largest absolute Gasteiger partial charge is 0.478 e. The van der Waals surface area contributed by atoms with Crippen LogP contribution in [0.15, 0.2) is 47.7 Å². The zero-order valence-electron chi connectivity index (χ0n) is 19.0. The fraction of sp³-hybridized carbons (Fsp3) is 0.320. The summed E-state index contributed by atoms with van der Waals surface area (Å²) in [4.78, 5) is 38.1. The summed E-state index contributed by atoms with van der Waals surface area (Å²) in [5.74, 6) is -1.32. The molecule has 1 amide bonds. The highest BCUT2D eigenvalue weighted by Gasteiger charge is 2.33. The molecular weight excluding hydrogens is 463 g/mol. The summed E-state index contributed by atoms with van der Waals surface area (Å²) < 4.78 is 0. The van der Waals surface area contributed by atoms with E-state index in [2.05, 4.69) is 5.32 Å². The molecule has 1 aliphatic rings. The van der Waals surface area contributed by atoms with Gasteiger partial charge in [0, 0.05) is 48.1 Å². The van der Waals surface area contributed by atoms with Crippen LogP contribution in [0.5, 0.6) is 0 Å². The Morgan fingerprint density at radius 2 is 1.82 bits per heavy atom. The van der Waals surface area contributed by atoms with Crippen LogP contribution in [0.4, 0.5) is 11.4 Å². The Balaban J connectivity index is 2.10. The molecule has 0 heterocycles. The molecule has 0 saturated carbocycles. The molecule has 0 radical (unpaired) electrons. The number of Topliss-reactive ketones (excluding diaryl/α,β-unsaturated/α-hetero) is 1. The molecule has 1 aliphatic carbocycles. The number of carboxylic acids is 1. The number of carbonyl (C=O) groups is 3. The van der Waals surface area contributed by atoms with Crippen LogP contribution < -0.4 is 10.2 Å². The highest BCUT2D eigenvalue weighted by Crippen LogP contribution is 2.40. The molecule has 0 aromatic heterocycles. The molecule has 0 atom stereocenters. The molecule has 0 spiro atoms. The third-order valence-corrected chi connectivity index (χ3v) is 6.33. The van der Waals surface area contributed by atoms with Gasteiger partial charge < -0.3 is 15.3 Å². The van der Waals surface area contributed by atoms with E-state index < -0.39 is 5.97 Å². The number of benzene rings is 2. The number of halogens is 2. The van der Waals surface area contributed by atoms with E-state index in [1.54, 1.807) is 31.3 Å². The van der Waals surface area contributed by atoms with Crippen molar-refractivity contribution >= 4 is 52.2 Å². The lowest BCUT2D eigenvalue weighted by molar-refractivity contribution is -0.118. The second-order valence-electron chi connectivity index (χ2n) is 9.05. The van der Waals surface area contributed by atoms with Gasteiger partial charge in [-0.25, -0.2) is 4.79 Å². The molecule has 33 heavy (non-hydrogen) atoms. The van der Waals surface area contributed by atoms with Crippen molar-refractivity contribution in [2.24, 2.45) is 5.41 Å².